The third-order valence-corrected chi connectivity index (χ3v) is 2.87. The van der Waals surface area contributed by atoms with E-state index in [0.29, 0.717) is 12.6 Å². The summed E-state index contributed by atoms with van der Waals surface area (Å²) >= 11 is 0. The summed E-state index contributed by atoms with van der Waals surface area (Å²) in [7, 11) is 1.51. The second-order valence-electron chi connectivity index (χ2n) is 4.30. The van der Waals surface area contributed by atoms with Gasteiger partial charge < -0.3 is 5.32 Å². The van der Waals surface area contributed by atoms with E-state index in [1.54, 1.807) is 6.92 Å². The molecular weight excluding hydrogens is 217 g/mol. The fraction of sp³-hybridized carbons (Fsp3) is 1.00. The van der Waals surface area contributed by atoms with Crippen molar-refractivity contribution in [2.24, 2.45) is 0 Å². The van der Waals surface area contributed by atoms with Crippen molar-refractivity contribution in [3.05, 3.63) is 0 Å². The van der Waals surface area contributed by atoms with Crippen LogP contribution in [0.5, 0.6) is 0 Å². The molecule has 1 atom stereocenters. The summed E-state index contributed by atoms with van der Waals surface area (Å²) in [5.74, 6) is 0. The Morgan fingerprint density at radius 3 is 2.06 bits per heavy atom. The van der Waals surface area contributed by atoms with Crippen LogP contribution >= 0.6 is 0 Å². The molecular formula is C11H23F3N2. The average Bonchev–Trinajstić information content (AvgIpc) is 2.16. The first kappa shape index (κ1) is 15.7. The van der Waals surface area contributed by atoms with Gasteiger partial charge in [0.25, 0.3) is 0 Å². The first-order valence-electron chi connectivity index (χ1n) is 5.80. The molecule has 0 spiro atoms. The Kier molecular flexibility index (Phi) is 6.99. The SMILES string of the molecule is CCC(CC)NCC(C)N(C)CC(F)(F)F. The van der Waals surface area contributed by atoms with E-state index >= 15 is 0 Å². The highest BCUT2D eigenvalue weighted by Crippen LogP contribution is 2.16. The summed E-state index contributed by atoms with van der Waals surface area (Å²) < 4.78 is 36.4. The summed E-state index contributed by atoms with van der Waals surface area (Å²) in [6.07, 6.45) is -2.10. The lowest BCUT2D eigenvalue weighted by Crippen LogP contribution is -2.44. The van der Waals surface area contributed by atoms with E-state index in [1.807, 2.05) is 0 Å². The van der Waals surface area contributed by atoms with Crippen molar-refractivity contribution < 1.29 is 13.2 Å². The standard InChI is InChI=1S/C11H23F3N2/c1-5-10(6-2)15-7-9(3)16(4)8-11(12,13)14/h9-10,15H,5-8H2,1-4H3. The molecule has 5 heteroatoms. The Morgan fingerprint density at radius 1 is 1.19 bits per heavy atom. The van der Waals surface area contributed by atoms with E-state index in [1.165, 1.54) is 11.9 Å². The Balaban J connectivity index is 3.91. The molecule has 0 saturated heterocycles. The maximum absolute atomic E-state index is 12.1. The molecule has 0 radical (unpaired) electrons. The Labute approximate surface area is 96.2 Å². The number of likely N-dealkylation sites (N-methyl/N-ethyl adjacent to an activating group) is 1. The van der Waals surface area contributed by atoms with Gasteiger partial charge in [-0.1, -0.05) is 13.8 Å². The minimum atomic E-state index is -4.11. The number of rotatable bonds is 7. The molecule has 0 amide bonds. The molecule has 0 bridgehead atoms. The summed E-state index contributed by atoms with van der Waals surface area (Å²) in [5.41, 5.74) is 0. The quantitative estimate of drug-likeness (QED) is 0.736. The van der Waals surface area contributed by atoms with Crippen molar-refractivity contribution in [1.82, 2.24) is 10.2 Å². The largest absolute Gasteiger partial charge is 0.401 e. The van der Waals surface area contributed by atoms with Gasteiger partial charge >= 0.3 is 6.18 Å². The van der Waals surface area contributed by atoms with Crippen LogP contribution in [0, 0.1) is 0 Å². The van der Waals surface area contributed by atoms with Gasteiger partial charge in [-0.05, 0) is 26.8 Å². The zero-order chi connectivity index (χ0) is 12.8. The van der Waals surface area contributed by atoms with Gasteiger partial charge in [-0.3, -0.25) is 4.90 Å². The van der Waals surface area contributed by atoms with Crippen molar-refractivity contribution in [2.75, 3.05) is 20.1 Å². The van der Waals surface area contributed by atoms with E-state index in [-0.39, 0.29) is 6.04 Å². The van der Waals surface area contributed by atoms with Crippen LogP contribution in [0.4, 0.5) is 13.2 Å². The zero-order valence-corrected chi connectivity index (χ0v) is 10.6. The Hall–Kier alpha value is -0.290. The van der Waals surface area contributed by atoms with Gasteiger partial charge in [0, 0.05) is 18.6 Å². The lowest BCUT2D eigenvalue weighted by Gasteiger charge is -2.27. The number of nitrogens with zero attached hydrogens (tertiary/aromatic N) is 1. The molecule has 16 heavy (non-hydrogen) atoms. The van der Waals surface area contributed by atoms with E-state index in [2.05, 4.69) is 19.2 Å². The van der Waals surface area contributed by atoms with Crippen LogP contribution in [0.25, 0.3) is 0 Å². The maximum atomic E-state index is 12.1. The maximum Gasteiger partial charge on any atom is 0.401 e. The van der Waals surface area contributed by atoms with Crippen molar-refractivity contribution >= 4 is 0 Å². The molecule has 0 fully saturated rings. The van der Waals surface area contributed by atoms with Crippen LogP contribution in [-0.2, 0) is 0 Å². The number of hydrogen-bond acceptors (Lipinski definition) is 2. The monoisotopic (exact) mass is 240 g/mol. The molecule has 98 valence electrons. The average molecular weight is 240 g/mol. The zero-order valence-electron chi connectivity index (χ0n) is 10.6. The van der Waals surface area contributed by atoms with Gasteiger partial charge in [0.05, 0.1) is 6.54 Å². The van der Waals surface area contributed by atoms with Gasteiger partial charge in [-0.25, -0.2) is 0 Å². The smallest absolute Gasteiger partial charge is 0.312 e. The van der Waals surface area contributed by atoms with Gasteiger partial charge in [-0.2, -0.15) is 13.2 Å². The molecule has 0 aliphatic carbocycles. The number of halogens is 3. The van der Waals surface area contributed by atoms with Crippen LogP contribution < -0.4 is 5.32 Å². The van der Waals surface area contributed by atoms with Crippen LogP contribution in [-0.4, -0.2) is 43.3 Å². The molecule has 1 N–H and O–H groups in total. The highest BCUT2D eigenvalue weighted by Gasteiger charge is 2.30. The van der Waals surface area contributed by atoms with Crippen LogP contribution in [0.3, 0.4) is 0 Å². The van der Waals surface area contributed by atoms with Crippen molar-refractivity contribution in [3.8, 4) is 0 Å². The first-order valence-corrected chi connectivity index (χ1v) is 5.80. The molecule has 0 aliphatic heterocycles. The highest BCUT2D eigenvalue weighted by molar-refractivity contribution is 4.72. The second kappa shape index (κ2) is 7.12. The summed E-state index contributed by atoms with van der Waals surface area (Å²) in [6, 6.07) is 0.295. The molecule has 0 aromatic carbocycles. The molecule has 1 unspecified atom stereocenters. The summed E-state index contributed by atoms with van der Waals surface area (Å²) in [6.45, 7) is 5.70. The minimum Gasteiger partial charge on any atom is -0.312 e. The molecule has 0 aromatic rings. The topological polar surface area (TPSA) is 15.3 Å². The minimum absolute atomic E-state index is 0.109. The molecule has 0 saturated carbocycles. The predicted molar refractivity (Wildman–Crippen MR) is 60.5 cm³/mol. The fourth-order valence-electron chi connectivity index (χ4n) is 1.51. The van der Waals surface area contributed by atoms with Gasteiger partial charge in [0.1, 0.15) is 0 Å². The highest BCUT2D eigenvalue weighted by atomic mass is 19.4. The number of hydrogen-bond donors (Lipinski definition) is 1. The van der Waals surface area contributed by atoms with Gasteiger partial charge in [0.15, 0.2) is 0 Å². The Morgan fingerprint density at radius 2 is 1.69 bits per heavy atom. The normalized spacial score (nSPS) is 14.8. The third-order valence-electron chi connectivity index (χ3n) is 2.87. The lowest BCUT2D eigenvalue weighted by molar-refractivity contribution is -0.146. The third kappa shape index (κ3) is 7.06. The summed E-state index contributed by atoms with van der Waals surface area (Å²) in [4.78, 5) is 1.33. The van der Waals surface area contributed by atoms with Crippen LogP contribution in [0.1, 0.15) is 33.6 Å². The van der Waals surface area contributed by atoms with E-state index in [4.69, 9.17) is 0 Å². The molecule has 0 aliphatic rings. The predicted octanol–water partition coefficient (Wildman–Crippen LogP) is 2.65. The van der Waals surface area contributed by atoms with E-state index in [0.717, 1.165) is 12.8 Å². The second-order valence-corrected chi connectivity index (χ2v) is 4.30. The fourth-order valence-corrected chi connectivity index (χ4v) is 1.51. The van der Waals surface area contributed by atoms with Crippen molar-refractivity contribution in [1.29, 1.82) is 0 Å². The van der Waals surface area contributed by atoms with Crippen molar-refractivity contribution in [2.45, 2.75) is 51.9 Å². The number of nitrogens with one attached hydrogen (secondary N) is 1. The molecule has 0 rings (SSSR count). The van der Waals surface area contributed by atoms with Crippen LogP contribution in [0.15, 0.2) is 0 Å². The molecule has 0 heterocycles. The number of alkyl halides is 3. The van der Waals surface area contributed by atoms with Gasteiger partial charge in [-0.15, -0.1) is 0 Å². The van der Waals surface area contributed by atoms with Crippen molar-refractivity contribution in [3.63, 3.8) is 0 Å². The first-order chi connectivity index (χ1) is 7.30. The molecule has 2 nitrogen and oxygen atoms in total. The summed E-state index contributed by atoms with van der Waals surface area (Å²) in [5, 5.41) is 3.28. The van der Waals surface area contributed by atoms with Gasteiger partial charge in [0.2, 0.25) is 0 Å². The Bertz CT molecular complexity index is 179. The lowest BCUT2D eigenvalue weighted by atomic mass is 10.1. The molecule has 0 aromatic heterocycles. The van der Waals surface area contributed by atoms with E-state index in [9.17, 15) is 13.2 Å². The van der Waals surface area contributed by atoms with Crippen LogP contribution in [0.2, 0.25) is 0 Å². The van der Waals surface area contributed by atoms with E-state index < -0.39 is 12.7 Å².